The van der Waals surface area contributed by atoms with Crippen molar-refractivity contribution in [1.82, 2.24) is 4.90 Å². The third-order valence-electron chi connectivity index (χ3n) is 5.33. The summed E-state index contributed by atoms with van der Waals surface area (Å²) in [5, 5.41) is 0. The van der Waals surface area contributed by atoms with Gasteiger partial charge in [-0.25, -0.2) is 8.42 Å². The minimum Gasteiger partial charge on any atom is -0.496 e. The lowest BCUT2D eigenvalue weighted by Gasteiger charge is -2.27. The molecule has 7 heteroatoms. The molecule has 3 rings (SSSR count). The molecule has 1 aliphatic heterocycles. The van der Waals surface area contributed by atoms with Crippen LogP contribution in [-0.4, -0.2) is 39.4 Å². The molecule has 1 saturated heterocycles. The Morgan fingerprint density at radius 2 is 1.86 bits per heavy atom. The minimum atomic E-state index is -3.86. The number of piperidine rings is 1. The zero-order valence-electron chi connectivity index (χ0n) is 17.2. The van der Waals surface area contributed by atoms with E-state index in [2.05, 4.69) is 4.72 Å². The highest BCUT2D eigenvalue weighted by Gasteiger charge is 2.25. The van der Waals surface area contributed by atoms with Crippen molar-refractivity contribution in [3.05, 3.63) is 53.1 Å². The number of likely N-dealkylation sites (tertiary alicyclic amines) is 1. The fraction of sp³-hybridized carbons (Fsp3) is 0.409. The molecular weight excluding hydrogens is 388 g/mol. The molecule has 0 radical (unpaired) electrons. The monoisotopic (exact) mass is 416 g/mol. The SMILES string of the molecule is CCc1cccc(C)c1NS(=O)(=O)c1ccc(OC)c(C(=O)N2CCCCC2)c1. The van der Waals surface area contributed by atoms with E-state index in [1.165, 1.54) is 19.2 Å². The Hall–Kier alpha value is -2.54. The first-order valence-corrected chi connectivity index (χ1v) is 11.4. The van der Waals surface area contributed by atoms with Crippen LogP contribution >= 0.6 is 0 Å². The van der Waals surface area contributed by atoms with Crippen LogP contribution in [0.5, 0.6) is 5.75 Å². The van der Waals surface area contributed by atoms with Crippen molar-refractivity contribution >= 4 is 21.6 Å². The average molecular weight is 417 g/mol. The number of benzene rings is 2. The van der Waals surface area contributed by atoms with Gasteiger partial charge in [-0.1, -0.05) is 25.1 Å². The quantitative estimate of drug-likeness (QED) is 0.772. The summed E-state index contributed by atoms with van der Waals surface area (Å²) in [6, 6.07) is 10.1. The van der Waals surface area contributed by atoms with Gasteiger partial charge in [0.15, 0.2) is 0 Å². The maximum Gasteiger partial charge on any atom is 0.261 e. The molecule has 156 valence electrons. The smallest absolute Gasteiger partial charge is 0.261 e. The Bertz CT molecular complexity index is 996. The second kappa shape index (κ2) is 8.86. The highest BCUT2D eigenvalue weighted by molar-refractivity contribution is 7.92. The summed E-state index contributed by atoms with van der Waals surface area (Å²) in [5.41, 5.74) is 2.64. The number of rotatable bonds is 6. The Morgan fingerprint density at radius 3 is 2.52 bits per heavy atom. The number of hydrogen-bond donors (Lipinski definition) is 1. The minimum absolute atomic E-state index is 0.0453. The number of para-hydroxylation sites is 1. The summed E-state index contributed by atoms with van der Waals surface area (Å²) in [4.78, 5) is 14.8. The zero-order chi connectivity index (χ0) is 21.0. The number of aryl methyl sites for hydroxylation is 2. The highest BCUT2D eigenvalue weighted by Crippen LogP contribution is 2.28. The number of nitrogens with one attached hydrogen (secondary N) is 1. The van der Waals surface area contributed by atoms with Crippen molar-refractivity contribution in [3.8, 4) is 5.75 Å². The zero-order valence-corrected chi connectivity index (χ0v) is 18.0. The van der Waals surface area contributed by atoms with Crippen LogP contribution in [0.4, 0.5) is 5.69 Å². The topological polar surface area (TPSA) is 75.7 Å². The Labute approximate surface area is 172 Å². The van der Waals surface area contributed by atoms with Gasteiger partial charge in [-0.2, -0.15) is 0 Å². The van der Waals surface area contributed by atoms with Crippen LogP contribution in [0.2, 0.25) is 0 Å². The maximum absolute atomic E-state index is 13.1. The molecule has 0 unspecified atom stereocenters. The third-order valence-corrected chi connectivity index (χ3v) is 6.68. The van der Waals surface area contributed by atoms with Gasteiger partial charge in [0.2, 0.25) is 0 Å². The number of amides is 1. The number of ether oxygens (including phenoxy) is 1. The second-order valence-corrected chi connectivity index (χ2v) is 8.97. The van der Waals surface area contributed by atoms with Crippen molar-refractivity contribution in [1.29, 1.82) is 0 Å². The third kappa shape index (κ3) is 4.56. The largest absolute Gasteiger partial charge is 0.496 e. The molecule has 2 aromatic rings. The molecule has 0 bridgehead atoms. The predicted octanol–water partition coefficient (Wildman–Crippen LogP) is 3.99. The van der Waals surface area contributed by atoms with Crippen molar-refractivity contribution < 1.29 is 17.9 Å². The number of carbonyl (C=O) groups excluding carboxylic acids is 1. The van der Waals surface area contributed by atoms with Crippen molar-refractivity contribution in [2.45, 2.75) is 44.4 Å². The molecule has 1 fully saturated rings. The summed E-state index contributed by atoms with van der Waals surface area (Å²) < 4.78 is 34.2. The number of carbonyl (C=O) groups is 1. The van der Waals surface area contributed by atoms with Crippen LogP contribution in [0, 0.1) is 6.92 Å². The van der Waals surface area contributed by atoms with Gasteiger partial charge in [-0.05, 0) is 61.9 Å². The lowest BCUT2D eigenvalue weighted by Crippen LogP contribution is -2.35. The Balaban J connectivity index is 1.97. The molecule has 1 amide bonds. The van der Waals surface area contributed by atoms with Crippen molar-refractivity contribution in [2.24, 2.45) is 0 Å². The number of hydrogen-bond acceptors (Lipinski definition) is 4. The van der Waals surface area contributed by atoms with Crippen molar-refractivity contribution in [2.75, 3.05) is 24.9 Å². The molecule has 0 saturated carbocycles. The van der Waals surface area contributed by atoms with Crippen LogP contribution in [0.3, 0.4) is 0 Å². The molecular formula is C22H28N2O4S. The molecule has 0 spiro atoms. The number of anilines is 1. The van der Waals surface area contributed by atoms with Gasteiger partial charge < -0.3 is 9.64 Å². The van der Waals surface area contributed by atoms with Crippen molar-refractivity contribution in [3.63, 3.8) is 0 Å². The molecule has 1 N–H and O–H groups in total. The van der Waals surface area contributed by atoms with Gasteiger partial charge >= 0.3 is 0 Å². The fourth-order valence-electron chi connectivity index (χ4n) is 3.65. The van der Waals surface area contributed by atoms with Crippen LogP contribution in [0.15, 0.2) is 41.3 Å². The van der Waals surface area contributed by atoms with Gasteiger partial charge in [0.1, 0.15) is 5.75 Å². The molecule has 0 aromatic heterocycles. The highest BCUT2D eigenvalue weighted by atomic mass is 32.2. The summed E-state index contributed by atoms with van der Waals surface area (Å²) in [6.07, 6.45) is 3.73. The standard InChI is InChI=1S/C22H28N2O4S/c1-4-17-10-8-9-16(2)21(17)23-29(26,27)18-11-12-20(28-3)19(15-18)22(25)24-13-6-5-7-14-24/h8-12,15,23H,4-7,13-14H2,1-3H3. The second-order valence-electron chi connectivity index (χ2n) is 7.28. The summed E-state index contributed by atoms with van der Waals surface area (Å²) >= 11 is 0. The van der Waals surface area contributed by atoms with Gasteiger partial charge in [0.05, 0.1) is 23.3 Å². The van der Waals surface area contributed by atoms with Crippen LogP contribution in [0.25, 0.3) is 0 Å². The van der Waals surface area contributed by atoms with E-state index in [-0.39, 0.29) is 16.4 Å². The molecule has 1 heterocycles. The van der Waals surface area contributed by atoms with E-state index >= 15 is 0 Å². The predicted molar refractivity (Wildman–Crippen MR) is 114 cm³/mol. The van der Waals surface area contributed by atoms with Gasteiger partial charge in [0.25, 0.3) is 15.9 Å². The van der Waals surface area contributed by atoms with Gasteiger partial charge in [-0.3, -0.25) is 9.52 Å². The number of methoxy groups -OCH3 is 1. The first-order valence-electron chi connectivity index (χ1n) is 9.96. The summed E-state index contributed by atoms with van der Waals surface area (Å²) in [5.74, 6) is 0.188. The molecule has 0 atom stereocenters. The maximum atomic E-state index is 13.1. The normalized spacial score (nSPS) is 14.5. The first kappa shape index (κ1) is 21.2. The number of nitrogens with zero attached hydrogens (tertiary/aromatic N) is 1. The lowest BCUT2D eigenvalue weighted by molar-refractivity contribution is 0.0720. The Morgan fingerprint density at radius 1 is 1.14 bits per heavy atom. The molecule has 6 nitrogen and oxygen atoms in total. The lowest BCUT2D eigenvalue weighted by atomic mass is 10.1. The average Bonchev–Trinajstić information content (AvgIpc) is 2.74. The summed E-state index contributed by atoms with van der Waals surface area (Å²) in [6.45, 7) is 5.21. The van der Waals surface area contributed by atoms with E-state index in [0.717, 1.165) is 30.4 Å². The van der Waals surface area contributed by atoms with E-state index in [4.69, 9.17) is 4.74 Å². The van der Waals surface area contributed by atoms with Crippen LogP contribution in [0.1, 0.15) is 47.7 Å². The van der Waals surface area contributed by atoms with E-state index in [0.29, 0.717) is 30.9 Å². The van der Waals surface area contributed by atoms with Gasteiger partial charge in [0, 0.05) is 13.1 Å². The van der Waals surface area contributed by atoms with Crippen LogP contribution < -0.4 is 9.46 Å². The molecule has 29 heavy (non-hydrogen) atoms. The van der Waals surface area contributed by atoms with E-state index in [9.17, 15) is 13.2 Å². The van der Waals surface area contributed by atoms with E-state index < -0.39 is 10.0 Å². The van der Waals surface area contributed by atoms with Gasteiger partial charge in [-0.15, -0.1) is 0 Å². The van der Waals surface area contributed by atoms with E-state index in [1.54, 1.807) is 11.0 Å². The summed E-state index contributed by atoms with van der Waals surface area (Å²) in [7, 11) is -2.37. The van der Waals surface area contributed by atoms with E-state index in [1.807, 2.05) is 32.0 Å². The first-order chi connectivity index (χ1) is 13.9. The fourth-order valence-corrected chi connectivity index (χ4v) is 4.85. The molecule has 1 aliphatic rings. The molecule has 2 aromatic carbocycles. The Kier molecular flexibility index (Phi) is 6.47. The number of sulfonamides is 1. The van der Waals surface area contributed by atoms with Crippen LogP contribution in [-0.2, 0) is 16.4 Å². The molecule has 0 aliphatic carbocycles.